The molecule has 19 heavy (non-hydrogen) atoms. The number of halogens is 1. The first-order valence-electron chi connectivity index (χ1n) is 5.39. The Balaban J connectivity index is 0.00000180. The largest absolute Gasteiger partial charge is 1.00 e. The minimum Gasteiger partial charge on any atom is -1.00 e. The zero-order chi connectivity index (χ0) is 13.0. The van der Waals surface area contributed by atoms with E-state index in [1.807, 2.05) is 0 Å². The van der Waals surface area contributed by atoms with Gasteiger partial charge < -0.3 is 22.9 Å². The number of nitrogens with zero attached hydrogens (tertiary/aromatic N) is 3. The predicted octanol–water partition coefficient (Wildman–Crippen LogP) is 0.188. The summed E-state index contributed by atoms with van der Waals surface area (Å²) in [6.07, 6.45) is 0. The third-order valence-corrected chi connectivity index (χ3v) is 2.54. The van der Waals surface area contributed by atoms with Gasteiger partial charge in [0.05, 0.1) is 7.11 Å². The molecule has 0 unspecified atom stereocenters. The summed E-state index contributed by atoms with van der Waals surface area (Å²) in [6, 6.07) is 14.2. The van der Waals surface area contributed by atoms with Crippen molar-refractivity contribution in [1.29, 1.82) is 5.39 Å². The lowest BCUT2D eigenvalue weighted by Gasteiger charge is -2.05. The molecule has 0 aliphatic heterocycles. The van der Waals surface area contributed by atoms with Crippen molar-refractivity contribution in [3.63, 3.8) is 0 Å². The Bertz CT molecular complexity index is 563. The summed E-state index contributed by atoms with van der Waals surface area (Å²) in [5, 5.41) is 13.8. The molecule has 0 heterocycles. The molecule has 0 aliphatic carbocycles. The van der Waals surface area contributed by atoms with E-state index in [1.54, 1.807) is 55.6 Å². The Morgan fingerprint density at radius 3 is 1.89 bits per heavy atom. The Morgan fingerprint density at radius 1 is 1.00 bits per heavy atom. The number of hydrogen-bond acceptors (Lipinski definition) is 4. The lowest BCUT2D eigenvalue weighted by Crippen LogP contribution is -3.00. The second-order valence-electron chi connectivity index (χ2n) is 3.69. The summed E-state index contributed by atoms with van der Waals surface area (Å²) in [4.78, 5) is 0. The van der Waals surface area contributed by atoms with Crippen molar-refractivity contribution in [2.45, 2.75) is 0 Å². The molecule has 0 bridgehead atoms. The van der Waals surface area contributed by atoms with Crippen molar-refractivity contribution in [2.24, 2.45) is 0 Å². The van der Waals surface area contributed by atoms with Crippen molar-refractivity contribution in [3.8, 4) is 5.75 Å². The molecule has 2 rings (SSSR count). The van der Waals surface area contributed by atoms with Crippen LogP contribution in [0.5, 0.6) is 5.75 Å². The Labute approximate surface area is 117 Å². The molecule has 98 valence electrons. The lowest BCUT2D eigenvalue weighted by atomic mass is 10.2. The van der Waals surface area contributed by atoms with Crippen LogP contribution < -0.4 is 27.9 Å². The molecule has 0 saturated heterocycles. The van der Waals surface area contributed by atoms with Crippen LogP contribution >= 0.6 is 0 Å². The van der Waals surface area contributed by atoms with Gasteiger partial charge in [-0.05, 0) is 48.5 Å². The SMILES string of the molecule is COc1ccc(N([N+]#N)c2ccc(N)cc2)cc1.[Cl-]. The topological polar surface area (TPSA) is 66.6 Å². The van der Waals surface area contributed by atoms with Crippen molar-refractivity contribution in [3.05, 3.63) is 53.6 Å². The normalized spacial score (nSPS) is 9.05. The molecule has 0 amide bonds. The minimum absolute atomic E-state index is 0. The number of anilines is 3. The lowest BCUT2D eigenvalue weighted by molar-refractivity contribution is -0.00000418. The highest BCUT2D eigenvalue weighted by Crippen LogP contribution is 2.28. The third-order valence-electron chi connectivity index (χ3n) is 2.54. The summed E-state index contributed by atoms with van der Waals surface area (Å²) in [5.74, 6) is 0.744. The van der Waals surface area contributed by atoms with Crippen LogP contribution in [0, 0.1) is 5.39 Å². The molecule has 2 aromatic rings. The molecule has 0 aliphatic rings. The zero-order valence-electron chi connectivity index (χ0n) is 10.3. The van der Waals surface area contributed by atoms with E-state index < -0.39 is 0 Å². The third kappa shape index (κ3) is 3.27. The summed E-state index contributed by atoms with van der Waals surface area (Å²) in [5.41, 5.74) is 7.72. The zero-order valence-corrected chi connectivity index (χ0v) is 11.1. The fraction of sp³-hybridized carbons (Fsp3) is 0.0769. The molecule has 6 heteroatoms. The van der Waals surface area contributed by atoms with Crippen LogP contribution in [-0.2, 0) is 0 Å². The van der Waals surface area contributed by atoms with Crippen LogP contribution in [0.25, 0.3) is 5.08 Å². The summed E-state index contributed by atoms with van der Waals surface area (Å²) < 4.78 is 5.08. The van der Waals surface area contributed by atoms with Crippen molar-refractivity contribution < 1.29 is 17.1 Å². The van der Waals surface area contributed by atoms with Gasteiger partial charge in [-0.15, -0.1) is 0 Å². The van der Waals surface area contributed by atoms with Gasteiger partial charge >= 0.3 is 5.08 Å². The first kappa shape index (κ1) is 14.6. The molecule has 0 saturated carbocycles. The van der Waals surface area contributed by atoms with Crippen LogP contribution in [0.4, 0.5) is 17.1 Å². The Morgan fingerprint density at radius 2 is 1.47 bits per heavy atom. The van der Waals surface area contributed by atoms with E-state index in [0.717, 1.165) is 17.1 Å². The van der Waals surface area contributed by atoms with Gasteiger partial charge in [0.2, 0.25) is 0 Å². The van der Waals surface area contributed by atoms with Gasteiger partial charge in [0.15, 0.2) is 0 Å². The number of rotatable bonds is 3. The Hall–Kier alpha value is -2.45. The van der Waals surface area contributed by atoms with E-state index in [0.29, 0.717) is 5.69 Å². The molecule has 5 nitrogen and oxygen atoms in total. The fourth-order valence-corrected chi connectivity index (χ4v) is 1.59. The fourth-order valence-electron chi connectivity index (χ4n) is 1.59. The van der Waals surface area contributed by atoms with E-state index >= 15 is 0 Å². The van der Waals surface area contributed by atoms with Gasteiger partial charge in [0, 0.05) is 10.7 Å². The highest BCUT2D eigenvalue weighted by atomic mass is 35.5. The average Bonchev–Trinajstić information content (AvgIpc) is 2.42. The maximum Gasteiger partial charge on any atom is 0.316 e. The maximum absolute atomic E-state index is 9.12. The quantitative estimate of drug-likeness (QED) is 0.494. The van der Waals surface area contributed by atoms with E-state index in [9.17, 15) is 0 Å². The summed E-state index contributed by atoms with van der Waals surface area (Å²) in [6.45, 7) is 0. The van der Waals surface area contributed by atoms with E-state index in [1.165, 1.54) is 5.01 Å². The standard InChI is InChI=1S/C13H13N4O.ClH/c1-18-13-8-6-12(7-9-13)17(16-15)11-4-2-10(14)3-5-11;/h2-9H,14H2,1H3;1H/q+1;/p-1. The molecular weight excluding hydrogens is 264 g/mol. The number of nitrogens with two attached hydrogens (primary N) is 1. The van der Waals surface area contributed by atoms with Crippen molar-refractivity contribution in [1.82, 2.24) is 0 Å². The number of ether oxygens (including phenoxy) is 1. The highest BCUT2D eigenvalue weighted by Gasteiger charge is 2.19. The van der Waals surface area contributed by atoms with Crippen molar-refractivity contribution >= 4 is 17.1 Å². The summed E-state index contributed by atoms with van der Waals surface area (Å²) >= 11 is 0. The molecule has 0 aromatic heterocycles. The highest BCUT2D eigenvalue weighted by molar-refractivity contribution is 5.66. The molecule has 2 aromatic carbocycles. The Kier molecular flexibility index (Phi) is 4.98. The van der Waals surface area contributed by atoms with Crippen LogP contribution in [0.2, 0.25) is 0 Å². The first-order chi connectivity index (χ1) is 8.74. The van der Waals surface area contributed by atoms with Crippen LogP contribution in [0.1, 0.15) is 0 Å². The number of hydrogen-bond donors (Lipinski definition) is 1. The van der Waals surface area contributed by atoms with E-state index in [2.05, 4.69) is 5.08 Å². The van der Waals surface area contributed by atoms with Crippen LogP contribution in [0.3, 0.4) is 0 Å². The average molecular weight is 277 g/mol. The van der Waals surface area contributed by atoms with Crippen molar-refractivity contribution in [2.75, 3.05) is 17.9 Å². The minimum atomic E-state index is 0. The maximum atomic E-state index is 9.12. The predicted molar refractivity (Wildman–Crippen MR) is 71.1 cm³/mol. The number of benzene rings is 2. The van der Waals surface area contributed by atoms with Gasteiger partial charge in [0.25, 0.3) is 5.39 Å². The van der Waals surface area contributed by atoms with Gasteiger partial charge in [-0.3, -0.25) is 0 Å². The smallest absolute Gasteiger partial charge is 0.316 e. The van der Waals surface area contributed by atoms with Gasteiger partial charge in [-0.25, -0.2) is 0 Å². The second kappa shape index (κ2) is 6.47. The first-order valence-corrected chi connectivity index (χ1v) is 5.39. The van der Waals surface area contributed by atoms with Crippen LogP contribution in [-0.4, -0.2) is 7.11 Å². The molecule has 2 N–H and O–H groups in total. The molecular formula is C13H13ClN4O. The second-order valence-corrected chi connectivity index (χ2v) is 3.69. The summed E-state index contributed by atoms with van der Waals surface area (Å²) in [7, 11) is 1.60. The number of diazo groups is 1. The van der Waals surface area contributed by atoms with E-state index in [4.69, 9.17) is 15.9 Å². The van der Waals surface area contributed by atoms with Gasteiger partial charge in [-0.1, -0.05) is 0 Å². The monoisotopic (exact) mass is 276 g/mol. The molecule has 0 spiro atoms. The molecule has 0 atom stereocenters. The number of nitrogen functional groups attached to an aromatic ring is 1. The molecule has 0 radical (unpaired) electrons. The van der Waals surface area contributed by atoms with Gasteiger partial charge in [-0.2, -0.15) is 0 Å². The van der Waals surface area contributed by atoms with Crippen LogP contribution in [0.15, 0.2) is 48.5 Å². The number of methoxy groups -OCH3 is 1. The van der Waals surface area contributed by atoms with E-state index in [-0.39, 0.29) is 12.4 Å². The van der Waals surface area contributed by atoms with Gasteiger partial charge in [0.1, 0.15) is 17.1 Å². The molecule has 0 fully saturated rings.